The summed E-state index contributed by atoms with van der Waals surface area (Å²) in [5.74, 6) is 2.54. The van der Waals surface area contributed by atoms with Gasteiger partial charge in [0.05, 0.1) is 15.9 Å². The summed E-state index contributed by atoms with van der Waals surface area (Å²) in [6.07, 6.45) is 0. The van der Waals surface area contributed by atoms with Gasteiger partial charge in [0, 0.05) is 37.9 Å². The fraction of sp³-hybridized carbons (Fsp3) is 0. The van der Waals surface area contributed by atoms with Crippen molar-refractivity contribution in [2.75, 3.05) is 0 Å². The normalized spacial score (nSPS) is 11.3. The molecule has 49 heavy (non-hydrogen) atoms. The fourth-order valence-corrected chi connectivity index (χ4v) is 7.25. The number of nitrogens with zero attached hydrogens (tertiary/aromatic N) is 5. The highest BCUT2D eigenvalue weighted by atomic mass is 32.1. The third-order valence-electron chi connectivity index (χ3n) is 8.56. The molecule has 0 aliphatic heterocycles. The Morgan fingerprint density at radius 3 is 1.43 bits per heavy atom. The van der Waals surface area contributed by atoms with Gasteiger partial charge in [0.25, 0.3) is 0 Å². The molecule has 0 atom stereocenters. The highest BCUT2D eigenvalue weighted by Gasteiger charge is 2.18. The van der Waals surface area contributed by atoms with E-state index in [1.54, 1.807) is 11.3 Å². The van der Waals surface area contributed by atoms with Crippen molar-refractivity contribution in [3.8, 4) is 67.9 Å². The highest BCUT2D eigenvalue weighted by Crippen LogP contribution is 2.40. The molecule has 0 saturated carbocycles. The molecular formula is C43H27N5S. The number of hydrogen-bond donors (Lipinski definition) is 0. The zero-order chi connectivity index (χ0) is 32.6. The maximum absolute atomic E-state index is 5.18. The van der Waals surface area contributed by atoms with Crippen LogP contribution in [0.5, 0.6) is 0 Å². The Hall–Kier alpha value is -6.37. The first-order chi connectivity index (χ1) is 24.3. The second-order valence-electron chi connectivity index (χ2n) is 11.7. The van der Waals surface area contributed by atoms with Crippen LogP contribution in [0.4, 0.5) is 0 Å². The molecule has 0 radical (unpaired) electrons. The summed E-state index contributed by atoms with van der Waals surface area (Å²) in [6, 6.07) is 55.8. The van der Waals surface area contributed by atoms with E-state index in [-0.39, 0.29) is 0 Å². The first kappa shape index (κ1) is 28.8. The van der Waals surface area contributed by atoms with E-state index < -0.39 is 0 Å². The Bertz CT molecular complexity index is 2580. The van der Waals surface area contributed by atoms with Gasteiger partial charge in [0.1, 0.15) is 0 Å². The number of thiophene rings is 1. The van der Waals surface area contributed by atoms with Gasteiger partial charge in [-0.3, -0.25) is 0 Å². The molecule has 6 heteroatoms. The largest absolute Gasteiger partial charge is 0.226 e. The second-order valence-corrected chi connectivity index (χ2v) is 12.8. The summed E-state index contributed by atoms with van der Waals surface area (Å²) >= 11 is 1.72. The molecule has 230 valence electrons. The molecule has 5 nitrogen and oxygen atoms in total. The van der Waals surface area contributed by atoms with Crippen LogP contribution >= 0.6 is 11.3 Å². The minimum atomic E-state index is 0.600. The topological polar surface area (TPSA) is 64.5 Å². The van der Waals surface area contributed by atoms with Gasteiger partial charge < -0.3 is 0 Å². The van der Waals surface area contributed by atoms with Crippen LogP contribution < -0.4 is 0 Å². The summed E-state index contributed by atoms with van der Waals surface area (Å²) in [7, 11) is 0. The van der Waals surface area contributed by atoms with E-state index in [9.17, 15) is 0 Å². The quantitative estimate of drug-likeness (QED) is 0.180. The van der Waals surface area contributed by atoms with Crippen molar-refractivity contribution < 1.29 is 0 Å². The molecule has 0 aliphatic rings. The van der Waals surface area contributed by atoms with Crippen LogP contribution in [-0.2, 0) is 0 Å². The van der Waals surface area contributed by atoms with Crippen LogP contribution in [0.2, 0.25) is 0 Å². The SMILES string of the molecule is c1ccc(-c2ccc(-c3nc(-c4ccccc4)nc(-c4cccc(-c5nc(-c6ccccc6)nc6c5sc5ccccc56)c4)n3)cc2)cc1. The molecular weight excluding hydrogens is 619 g/mol. The average Bonchev–Trinajstić information content (AvgIpc) is 3.57. The van der Waals surface area contributed by atoms with Crippen molar-refractivity contribution in [3.63, 3.8) is 0 Å². The lowest BCUT2D eigenvalue weighted by Gasteiger charge is -2.11. The molecule has 0 bridgehead atoms. The van der Waals surface area contributed by atoms with Gasteiger partial charge in [-0.05, 0) is 23.3 Å². The van der Waals surface area contributed by atoms with Crippen LogP contribution in [-0.4, -0.2) is 24.9 Å². The molecule has 0 spiro atoms. The van der Waals surface area contributed by atoms with Gasteiger partial charge in [0.15, 0.2) is 23.3 Å². The van der Waals surface area contributed by atoms with Crippen molar-refractivity contribution in [2.24, 2.45) is 0 Å². The van der Waals surface area contributed by atoms with Crippen LogP contribution in [0.3, 0.4) is 0 Å². The molecule has 3 heterocycles. The molecule has 0 amide bonds. The summed E-state index contributed by atoms with van der Waals surface area (Å²) in [5.41, 5.74) is 8.85. The van der Waals surface area contributed by atoms with Gasteiger partial charge in [-0.15, -0.1) is 11.3 Å². The van der Waals surface area contributed by atoms with E-state index in [0.29, 0.717) is 23.3 Å². The van der Waals surface area contributed by atoms with Gasteiger partial charge in [-0.1, -0.05) is 152 Å². The van der Waals surface area contributed by atoms with E-state index in [0.717, 1.165) is 54.7 Å². The maximum Gasteiger partial charge on any atom is 0.164 e. The molecule has 0 saturated heterocycles. The smallest absolute Gasteiger partial charge is 0.164 e. The summed E-state index contributed by atoms with van der Waals surface area (Å²) in [4.78, 5) is 25.3. The third kappa shape index (κ3) is 5.54. The molecule has 0 fully saturated rings. The van der Waals surface area contributed by atoms with E-state index in [1.807, 2.05) is 54.6 Å². The standard InChI is InChI=1S/C43H27N5S/c1-4-13-28(14-5-1)29-23-25-32(26-24-29)42-46-41(31-17-8-3-9-18-31)47-43(48-42)34-20-12-19-33(27-34)37-39-38(35-21-10-11-22-36(35)49-39)45-40(44-37)30-15-6-2-7-16-30/h1-27H. The lowest BCUT2D eigenvalue weighted by molar-refractivity contribution is 1.07. The lowest BCUT2D eigenvalue weighted by Crippen LogP contribution is -2.00. The van der Waals surface area contributed by atoms with Crippen LogP contribution in [0.25, 0.3) is 88.2 Å². The van der Waals surface area contributed by atoms with Crippen LogP contribution in [0, 0.1) is 0 Å². The molecule has 3 aromatic heterocycles. The fourth-order valence-electron chi connectivity index (χ4n) is 6.10. The Balaban J connectivity index is 1.20. The summed E-state index contributed by atoms with van der Waals surface area (Å²) < 4.78 is 2.24. The summed E-state index contributed by atoms with van der Waals surface area (Å²) in [5, 5.41) is 1.13. The second kappa shape index (κ2) is 12.3. The minimum Gasteiger partial charge on any atom is -0.226 e. The zero-order valence-corrected chi connectivity index (χ0v) is 27.0. The molecule has 0 aliphatic carbocycles. The Labute approximate surface area is 287 Å². The maximum atomic E-state index is 5.18. The number of hydrogen-bond acceptors (Lipinski definition) is 6. The van der Waals surface area contributed by atoms with Crippen molar-refractivity contribution in [1.29, 1.82) is 0 Å². The zero-order valence-electron chi connectivity index (χ0n) is 26.2. The molecule has 9 aromatic rings. The third-order valence-corrected chi connectivity index (χ3v) is 9.73. The van der Waals surface area contributed by atoms with Gasteiger partial charge in [-0.2, -0.15) is 0 Å². The average molecular weight is 646 g/mol. The first-order valence-electron chi connectivity index (χ1n) is 16.1. The number of rotatable bonds is 6. The summed E-state index contributed by atoms with van der Waals surface area (Å²) in [6.45, 7) is 0. The number of fused-ring (bicyclic) bond motifs is 3. The van der Waals surface area contributed by atoms with E-state index in [2.05, 4.69) is 109 Å². The van der Waals surface area contributed by atoms with Gasteiger partial charge in [0.2, 0.25) is 0 Å². The predicted molar refractivity (Wildman–Crippen MR) is 201 cm³/mol. The van der Waals surface area contributed by atoms with Crippen molar-refractivity contribution in [2.45, 2.75) is 0 Å². The van der Waals surface area contributed by atoms with Gasteiger partial charge >= 0.3 is 0 Å². The van der Waals surface area contributed by atoms with Crippen molar-refractivity contribution >= 4 is 31.6 Å². The molecule has 0 unspecified atom stereocenters. The molecule has 0 N–H and O–H groups in total. The number of aromatic nitrogens is 5. The first-order valence-corrected chi connectivity index (χ1v) is 16.9. The van der Waals surface area contributed by atoms with Crippen LogP contribution in [0.1, 0.15) is 0 Å². The van der Waals surface area contributed by atoms with E-state index in [1.165, 1.54) is 10.3 Å². The van der Waals surface area contributed by atoms with Crippen molar-refractivity contribution in [3.05, 3.63) is 164 Å². The molecule has 9 rings (SSSR count). The van der Waals surface area contributed by atoms with E-state index >= 15 is 0 Å². The monoisotopic (exact) mass is 645 g/mol. The van der Waals surface area contributed by atoms with Crippen molar-refractivity contribution in [1.82, 2.24) is 24.9 Å². The minimum absolute atomic E-state index is 0.600. The predicted octanol–water partition coefficient (Wildman–Crippen LogP) is 11.0. The molecule has 6 aromatic carbocycles. The Morgan fingerprint density at radius 2 is 0.776 bits per heavy atom. The van der Waals surface area contributed by atoms with E-state index in [4.69, 9.17) is 24.9 Å². The highest BCUT2D eigenvalue weighted by molar-refractivity contribution is 7.26. The van der Waals surface area contributed by atoms with Crippen LogP contribution in [0.15, 0.2) is 164 Å². The number of benzene rings is 6. The Kier molecular flexibility index (Phi) is 7.26. The lowest BCUT2D eigenvalue weighted by atomic mass is 10.0. The van der Waals surface area contributed by atoms with Gasteiger partial charge in [-0.25, -0.2) is 24.9 Å². The Morgan fingerprint density at radius 1 is 0.327 bits per heavy atom.